The number of fused-ring (bicyclic) bond motifs is 5. The van der Waals surface area contributed by atoms with Crippen LogP contribution >= 0.6 is 0 Å². The lowest BCUT2D eigenvalue weighted by Crippen LogP contribution is -2.31. The third-order valence-corrected chi connectivity index (χ3v) is 7.78. The quantitative estimate of drug-likeness (QED) is 0.198. The molecule has 2 aliphatic rings. The van der Waals surface area contributed by atoms with Crippen LogP contribution < -0.4 is 9.30 Å². The van der Waals surface area contributed by atoms with Crippen LogP contribution in [0.3, 0.4) is 0 Å². The number of rotatable bonds is 1. The molecule has 0 amide bonds. The second kappa shape index (κ2) is 6.56. The molecule has 1 saturated carbocycles. The number of pyridine rings is 1. The smallest absolute Gasteiger partial charge is 0.228 e. The molecule has 1 aromatic heterocycles. The minimum Gasteiger partial charge on any atom is -0.456 e. The summed E-state index contributed by atoms with van der Waals surface area (Å²) in [5.74, 6) is 2.61. The minimum absolute atomic E-state index is 0.673. The van der Waals surface area contributed by atoms with Crippen molar-refractivity contribution in [1.82, 2.24) is 0 Å². The Balaban J connectivity index is 1.64. The second-order valence-corrected chi connectivity index (χ2v) is 9.56. The minimum atomic E-state index is 0.673. The first-order valence-corrected chi connectivity index (χ1v) is 11.8. The fraction of sp³-hybridized carbons (Fsp3) is 0.233. The number of nitrogens with zero attached hydrogens (tertiary/aromatic N) is 1. The molecule has 32 heavy (non-hydrogen) atoms. The molecule has 156 valence electrons. The van der Waals surface area contributed by atoms with Crippen LogP contribution in [0.1, 0.15) is 42.7 Å². The third kappa shape index (κ3) is 2.38. The molecule has 0 N–H and O–H groups in total. The van der Waals surface area contributed by atoms with Crippen LogP contribution in [0.25, 0.3) is 43.6 Å². The van der Waals surface area contributed by atoms with Gasteiger partial charge in [0.05, 0.1) is 10.9 Å². The van der Waals surface area contributed by atoms with Gasteiger partial charge in [-0.15, -0.1) is 0 Å². The summed E-state index contributed by atoms with van der Waals surface area (Å²) in [5, 5.41) is 7.81. The van der Waals surface area contributed by atoms with Crippen molar-refractivity contribution in [3.8, 4) is 22.8 Å². The van der Waals surface area contributed by atoms with Crippen LogP contribution in [0.5, 0.6) is 11.5 Å². The summed E-state index contributed by atoms with van der Waals surface area (Å²) in [7, 11) is 2.16. The molecule has 4 aromatic carbocycles. The van der Waals surface area contributed by atoms with Gasteiger partial charge < -0.3 is 4.74 Å². The van der Waals surface area contributed by atoms with Gasteiger partial charge in [0, 0.05) is 11.5 Å². The van der Waals surface area contributed by atoms with Crippen molar-refractivity contribution < 1.29 is 9.30 Å². The highest BCUT2D eigenvalue weighted by Gasteiger charge is 2.32. The Bertz CT molecular complexity index is 1570. The highest BCUT2D eigenvalue weighted by molar-refractivity contribution is 6.17. The van der Waals surface area contributed by atoms with Gasteiger partial charge in [-0.25, -0.2) is 4.57 Å². The fourth-order valence-electron chi connectivity index (χ4n) is 6.29. The van der Waals surface area contributed by atoms with Crippen LogP contribution in [0.4, 0.5) is 0 Å². The van der Waals surface area contributed by atoms with Gasteiger partial charge in [0.1, 0.15) is 18.5 Å². The summed E-state index contributed by atoms with van der Waals surface area (Å²) in [6.07, 6.45) is 7.54. The number of aromatic nitrogens is 1. The molecule has 0 atom stereocenters. The van der Waals surface area contributed by atoms with E-state index < -0.39 is 0 Å². The van der Waals surface area contributed by atoms with Crippen molar-refractivity contribution in [3.05, 3.63) is 78.0 Å². The number of hydrogen-bond donors (Lipinski definition) is 0. The van der Waals surface area contributed by atoms with E-state index in [1.807, 2.05) is 0 Å². The van der Waals surface area contributed by atoms with Gasteiger partial charge >= 0.3 is 0 Å². The summed E-state index contributed by atoms with van der Waals surface area (Å²) in [5.41, 5.74) is 5.30. The topological polar surface area (TPSA) is 13.1 Å². The summed E-state index contributed by atoms with van der Waals surface area (Å²) in [6.45, 7) is 2.24. The van der Waals surface area contributed by atoms with Crippen LogP contribution in [-0.2, 0) is 7.05 Å². The largest absolute Gasteiger partial charge is 0.456 e. The summed E-state index contributed by atoms with van der Waals surface area (Å²) in [6, 6.07) is 22.2. The zero-order chi connectivity index (χ0) is 21.4. The van der Waals surface area contributed by atoms with Gasteiger partial charge in [-0.05, 0) is 70.5 Å². The van der Waals surface area contributed by atoms with E-state index in [1.165, 1.54) is 80.4 Å². The molecule has 0 saturated heterocycles. The lowest BCUT2D eigenvalue weighted by Gasteiger charge is -2.24. The maximum Gasteiger partial charge on any atom is 0.228 e. The molecule has 1 aliphatic carbocycles. The fourth-order valence-corrected chi connectivity index (χ4v) is 6.29. The molecule has 0 radical (unpaired) electrons. The molecule has 0 unspecified atom stereocenters. The van der Waals surface area contributed by atoms with Crippen molar-refractivity contribution in [2.24, 2.45) is 7.05 Å². The average molecular weight is 417 g/mol. The number of hydrogen-bond acceptors (Lipinski definition) is 1. The van der Waals surface area contributed by atoms with Crippen molar-refractivity contribution in [3.63, 3.8) is 0 Å². The Labute approximate surface area is 188 Å². The Kier molecular flexibility index (Phi) is 3.73. The Morgan fingerprint density at radius 3 is 2.47 bits per heavy atom. The van der Waals surface area contributed by atoms with Crippen LogP contribution in [0.2, 0.25) is 0 Å². The zero-order valence-corrected chi connectivity index (χ0v) is 18.6. The standard InChI is InChI=1S/C30H26NO/c1-18-22-12-6-5-10-20(22)16-25-27(18)30-29-24(14-15-31(30)2)28-21(17-26(29)32-25)11-7-13-23(28)19-8-3-4-9-19/h5-7,10-17,19H,3-4,8-9H2,1-2H3/q+1. The van der Waals surface area contributed by atoms with Crippen molar-refractivity contribution in [1.29, 1.82) is 0 Å². The van der Waals surface area contributed by atoms with Gasteiger partial charge in [0.25, 0.3) is 0 Å². The predicted molar refractivity (Wildman–Crippen MR) is 132 cm³/mol. The zero-order valence-electron chi connectivity index (χ0n) is 18.6. The lowest BCUT2D eigenvalue weighted by molar-refractivity contribution is -0.659. The molecule has 2 nitrogen and oxygen atoms in total. The first-order chi connectivity index (χ1) is 15.7. The van der Waals surface area contributed by atoms with Crippen molar-refractivity contribution in [2.75, 3.05) is 0 Å². The van der Waals surface area contributed by atoms with Gasteiger partial charge in [-0.1, -0.05) is 55.3 Å². The second-order valence-electron chi connectivity index (χ2n) is 9.56. The van der Waals surface area contributed by atoms with E-state index in [0.717, 1.165) is 11.5 Å². The van der Waals surface area contributed by atoms with Crippen LogP contribution in [-0.4, -0.2) is 0 Å². The maximum absolute atomic E-state index is 6.65. The SMILES string of the molecule is Cc1c2c(cc3ccccc13)Oc1cc3cccc(C4CCCC4)c3c3cc[n+](C)c-2c13. The first kappa shape index (κ1) is 18.2. The van der Waals surface area contributed by atoms with Crippen LogP contribution in [0.15, 0.2) is 66.9 Å². The summed E-state index contributed by atoms with van der Waals surface area (Å²) < 4.78 is 8.93. The van der Waals surface area contributed by atoms with E-state index in [4.69, 9.17) is 4.74 Å². The normalized spacial score (nSPS) is 15.4. The summed E-state index contributed by atoms with van der Waals surface area (Å²) in [4.78, 5) is 0. The Hall–Kier alpha value is -3.39. The molecule has 1 aliphatic heterocycles. The molecular formula is C30H26NO+. The molecule has 1 fully saturated rings. The number of aryl methyl sites for hydroxylation is 2. The van der Waals surface area contributed by atoms with E-state index in [-0.39, 0.29) is 0 Å². The number of ether oxygens (including phenoxy) is 1. The maximum atomic E-state index is 6.65. The number of benzene rings is 4. The van der Waals surface area contributed by atoms with Crippen molar-refractivity contribution >= 4 is 32.3 Å². The van der Waals surface area contributed by atoms with E-state index in [2.05, 4.69) is 85.4 Å². The lowest BCUT2D eigenvalue weighted by atomic mass is 9.86. The van der Waals surface area contributed by atoms with Crippen molar-refractivity contribution in [2.45, 2.75) is 38.5 Å². The summed E-state index contributed by atoms with van der Waals surface area (Å²) >= 11 is 0. The molecule has 0 spiro atoms. The highest BCUT2D eigenvalue weighted by Crippen LogP contribution is 2.51. The Morgan fingerprint density at radius 2 is 1.59 bits per heavy atom. The molecule has 2 heterocycles. The van der Waals surface area contributed by atoms with Gasteiger partial charge in [0.15, 0.2) is 6.20 Å². The first-order valence-electron chi connectivity index (χ1n) is 11.8. The average Bonchev–Trinajstić information content (AvgIpc) is 3.35. The molecule has 7 rings (SSSR count). The van der Waals surface area contributed by atoms with Gasteiger partial charge in [-0.3, -0.25) is 0 Å². The molecule has 5 aromatic rings. The van der Waals surface area contributed by atoms with E-state index >= 15 is 0 Å². The monoisotopic (exact) mass is 416 g/mol. The molecular weight excluding hydrogens is 390 g/mol. The van der Waals surface area contributed by atoms with Gasteiger partial charge in [-0.2, -0.15) is 0 Å². The van der Waals surface area contributed by atoms with Gasteiger partial charge in [0.2, 0.25) is 5.69 Å². The van der Waals surface area contributed by atoms with E-state index in [1.54, 1.807) is 0 Å². The molecule has 0 bridgehead atoms. The van der Waals surface area contributed by atoms with Crippen LogP contribution in [0, 0.1) is 6.92 Å². The Morgan fingerprint density at radius 1 is 0.812 bits per heavy atom. The molecule has 2 heteroatoms. The van der Waals surface area contributed by atoms with E-state index in [0.29, 0.717) is 5.92 Å². The van der Waals surface area contributed by atoms with E-state index in [9.17, 15) is 0 Å². The highest BCUT2D eigenvalue weighted by atomic mass is 16.5. The third-order valence-electron chi connectivity index (χ3n) is 7.78. The predicted octanol–water partition coefficient (Wildman–Crippen LogP) is 7.71.